The highest BCUT2D eigenvalue weighted by Gasteiger charge is 2.33. The third-order valence-electron chi connectivity index (χ3n) is 14.3. The average molecular weight is 933 g/mol. The largest absolute Gasteiger partial charge is 0.289 e. The van der Waals surface area contributed by atoms with Crippen molar-refractivity contribution in [3.05, 3.63) is 156 Å². The van der Waals surface area contributed by atoms with Crippen molar-refractivity contribution in [2.24, 2.45) is 0 Å². The Morgan fingerprint density at radius 2 is 0.924 bits per heavy atom. The van der Waals surface area contributed by atoms with Crippen molar-refractivity contribution in [2.75, 3.05) is 11.5 Å². The summed E-state index contributed by atoms with van der Waals surface area (Å²) in [4.78, 5) is 15.1. The van der Waals surface area contributed by atoms with Crippen molar-refractivity contribution in [3.8, 4) is 33.4 Å². The number of hydrogen-bond acceptors (Lipinski definition) is 5. The van der Waals surface area contributed by atoms with Gasteiger partial charge >= 0.3 is 0 Å². The van der Waals surface area contributed by atoms with E-state index in [9.17, 15) is 0 Å². The quantitative estimate of drug-likeness (QED) is 0.0612. The molecule has 9 aromatic rings. The van der Waals surface area contributed by atoms with Crippen LogP contribution in [0.2, 0.25) is 0 Å². The van der Waals surface area contributed by atoms with Gasteiger partial charge in [0.25, 0.3) is 0 Å². The SMILES string of the molecule is CCCCCCSC1=C(SCCCCCC)SC(=c2c3ccccc3c3cc(-c4c(C)cccc4C)c4cc5c6c(cc(-c7c(C)cccc7C)c7cc2c3c4c76)-c2ccccc2C5=O)S1. The van der Waals surface area contributed by atoms with Gasteiger partial charge in [0, 0.05) is 21.7 Å². The number of rotatable bonds is 14. The number of ketones is 1. The number of thioether (sulfide) groups is 4. The van der Waals surface area contributed by atoms with E-state index in [0.717, 1.165) is 44.5 Å². The molecule has 0 radical (unpaired) electrons. The van der Waals surface area contributed by atoms with E-state index in [2.05, 4.69) is 162 Å². The van der Waals surface area contributed by atoms with E-state index in [1.165, 1.54) is 157 Å². The van der Waals surface area contributed by atoms with E-state index >= 15 is 4.79 Å². The van der Waals surface area contributed by atoms with Gasteiger partial charge in [-0.25, -0.2) is 0 Å². The molecule has 0 aromatic heterocycles. The van der Waals surface area contributed by atoms with Crippen molar-refractivity contribution in [1.29, 1.82) is 0 Å². The second kappa shape index (κ2) is 18.1. The Kier molecular flexibility index (Phi) is 12.0. The Bertz CT molecular complexity index is 3450. The van der Waals surface area contributed by atoms with Crippen LogP contribution in [0.3, 0.4) is 0 Å². The van der Waals surface area contributed by atoms with E-state index in [1.54, 1.807) is 0 Å². The fraction of sp³-hybridized carbons (Fsp3) is 0.262. The zero-order valence-electron chi connectivity index (χ0n) is 39.0. The van der Waals surface area contributed by atoms with Gasteiger partial charge in [0.2, 0.25) is 0 Å². The first-order valence-electron chi connectivity index (χ1n) is 24.1. The van der Waals surface area contributed by atoms with Crippen LogP contribution in [-0.2, 0) is 0 Å². The lowest BCUT2D eigenvalue weighted by Gasteiger charge is -2.28. The first-order chi connectivity index (χ1) is 32.3. The normalized spacial score (nSPS) is 13.8. The lowest BCUT2D eigenvalue weighted by Crippen LogP contribution is -2.13. The van der Waals surface area contributed by atoms with Crippen LogP contribution >= 0.6 is 47.0 Å². The maximum absolute atomic E-state index is 15.1. The number of hydrogen-bond donors (Lipinski definition) is 0. The van der Waals surface area contributed by atoms with E-state index in [-0.39, 0.29) is 5.78 Å². The molecule has 1 aliphatic carbocycles. The van der Waals surface area contributed by atoms with Crippen molar-refractivity contribution in [3.63, 3.8) is 0 Å². The van der Waals surface area contributed by atoms with Gasteiger partial charge in [0.1, 0.15) is 0 Å². The topological polar surface area (TPSA) is 17.1 Å². The molecule has 0 amide bonds. The van der Waals surface area contributed by atoms with Crippen LogP contribution in [-0.4, -0.2) is 17.3 Å². The van der Waals surface area contributed by atoms with Crippen LogP contribution in [0.1, 0.15) is 103 Å². The molecule has 0 N–H and O–H groups in total. The molecular formula is C61H56OS4. The summed E-state index contributed by atoms with van der Waals surface area (Å²) in [5.74, 6) is 2.44. The summed E-state index contributed by atoms with van der Waals surface area (Å²) in [6, 6.07) is 40.7. The molecule has 1 nitrogen and oxygen atoms in total. The van der Waals surface area contributed by atoms with Crippen molar-refractivity contribution < 1.29 is 4.79 Å². The molecule has 0 saturated carbocycles. The molecule has 0 saturated heterocycles. The summed E-state index contributed by atoms with van der Waals surface area (Å²) in [5, 5.41) is 13.8. The Hall–Kier alpha value is -4.65. The van der Waals surface area contributed by atoms with Gasteiger partial charge in [-0.15, -0.1) is 23.5 Å². The van der Waals surface area contributed by atoms with Gasteiger partial charge in [-0.2, -0.15) is 0 Å². The van der Waals surface area contributed by atoms with Gasteiger partial charge in [-0.1, -0.05) is 161 Å². The van der Waals surface area contributed by atoms with Crippen LogP contribution in [0, 0.1) is 27.7 Å². The first kappa shape index (κ1) is 43.9. The predicted octanol–water partition coefficient (Wildman–Crippen LogP) is 18.7. The molecule has 330 valence electrons. The Labute approximate surface area is 407 Å². The van der Waals surface area contributed by atoms with Gasteiger partial charge in [-0.05, 0) is 180 Å². The Morgan fingerprint density at radius 1 is 0.409 bits per heavy atom. The molecule has 11 rings (SSSR count). The summed E-state index contributed by atoms with van der Waals surface area (Å²) >= 11 is 8.25. The maximum atomic E-state index is 15.1. The van der Waals surface area contributed by atoms with E-state index in [4.69, 9.17) is 0 Å². The zero-order chi connectivity index (χ0) is 45.2. The summed E-state index contributed by atoms with van der Waals surface area (Å²) < 4.78 is 4.37. The zero-order valence-corrected chi connectivity index (χ0v) is 42.3. The van der Waals surface area contributed by atoms with Crippen LogP contribution in [0.15, 0.2) is 118 Å². The van der Waals surface area contributed by atoms with Crippen molar-refractivity contribution in [2.45, 2.75) is 92.9 Å². The Balaban J connectivity index is 1.30. The predicted molar refractivity (Wildman–Crippen MR) is 298 cm³/mol. The molecule has 1 aliphatic heterocycles. The minimum Gasteiger partial charge on any atom is -0.289 e. The van der Waals surface area contributed by atoms with Crippen molar-refractivity contribution >= 4 is 111 Å². The summed E-state index contributed by atoms with van der Waals surface area (Å²) in [6.07, 6.45) is 10.3. The molecule has 0 unspecified atom stereocenters. The minimum absolute atomic E-state index is 0.114. The fourth-order valence-corrected chi connectivity index (χ4v) is 17.3. The first-order valence-corrected chi connectivity index (χ1v) is 27.7. The highest BCUT2D eigenvalue weighted by Crippen LogP contribution is 2.59. The fourth-order valence-electron chi connectivity index (χ4n) is 11.2. The smallest absolute Gasteiger partial charge is 0.194 e. The van der Waals surface area contributed by atoms with Crippen LogP contribution < -0.4 is 5.22 Å². The number of carbonyl (C=O) groups is 1. The number of aryl methyl sites for hydroxylation is 4. The highest BCUT2D eigenvalue weighted by molar-refractivity contribution is 8.45. The van der Waals surface area contributed by atoms with Crippen LogP contribution in [0.4, 0.5) is 0 Å². The number of benzene rings is 9. The molecule has 0 spiro atoms. The lowest BCUT2D eigenvalue weighted by molar-refractivity contribution is 0.104. The minimum atomic E-state index is 0.114. The molecule has 2 aliphatic rings. The van der Waals surface area contributed by atoms with E-state index in [0.29, 0.717) is 0 Å². The molecule has 1 heterocycles. The monoisotopic (exact) mass is 932 g/mol. The van der Waals surface area contributed by atoms with Crippen LogP contribution in [0.25, 0.3) is 91.5 Å². The van der Waals surface area contributed by atoms with Gasteiger partial charge in [-0.3, -0.25) is 4.79 Å². The number of carbonyl (C=O) groups excluding carboxylic acids is 1. The Morgan fingerprint density at radius 3 is 1.53 bits per heavy atom. The molecule has 66 heavy (non-hydrogen) atoms. The molecule has 0 atom stereocenters. The molecule has 5 heteroatoms. The number of unbranched alkanes of at least 4 members (excludes halogenated alkanes) is 6. The third kappa shape index (κ3) is 7.22. The van der Waals surface area contributed by atoms with Crippen molar-refractivity contribution in [1.82, 2.24) is 0 Å². The molecular weight excluding hydrogens is 877 g/mol. The lowest BCUT2D eigenvalue weighted by atomic mass is 9.74. The molecule has 0 bridgehead atoms. The van der Waals surface area contributed by atoms with Gasteiger partial charge in [0.05, 0.1) is 12.7 Å². The second-order valence-corrected chi connectivity index (χ2v) is 23.6. The summed E-state index contributed by atoms with van der Waals surface area (Å²) in [6.45, 7) is 13.6. The number of fused-ring (bicyclic) bond motifs is 4. The van der Waals surface area contributed by atoms with E-state index in [1.807, 2.05) is 35.7 Å². The highest BCUT2D eigenvalue weighted by atomic mass is 32.3. The third-order valence-corrected chi connectivity index (χ3v) is 20.0. The molecule has 9 aromatic carbocycles. The van der Waals surface area contributed by atoms with Gasteiger partial charge in [0.15, 0.2) is 5.78 Å². The average Bonchev–Trinajstić information content (AvgIpc) is 3.72. The molecule has 0 fully saturated rings. The second-order valence-electron chi connectivity index (χ2n) is 18.6. The maximum Gasteiger partial charge on any atom is 0.194 e. The van der Waals surface area contributed by atoms with E-state index < -0.39 is 0 Å². The summed E-state index contributed by atoms with van der Waals surface area (Å²) in [7, 11) is 0. The summed E-state index contributed by atoms with van der Waals surface area (Å²) in [5.41, 5.74) is 13.8. The van der Waals surface area contributed by atoms with Crippen LogP contribution in [0.5, 0.6) is 0 Å². The standard InChI is InChI=1S/C61H56OS4/c1-7-9-11-17-29-63-60-61(64-30-18-12-10-8-2)66-59(65-60)55-41-27-15-13-25-39(41)43-31-46(52-37(5)23-20-24-38(52)6)48-34-50-54-44(40-26-14-16-28-42(40)58(50)62)32-45(51-35(3)21-19-22-36(51)4)47-33-49(55)53(43)56(48)57(47)54/h13-16,19-28,31-34H,7-12,17-18,29-30H2,1-6H3. The van der Waals surface area contributed by atoms with Gasteiger partial charge < -0.3 is 0 Å².